The zero-order valence-electron chi connectivity index (χ0n) is 5.50. The van der Waals surface area contributed by atoms with E-state index in [0.29, 0.717) is 17.5 Å². The van der Waals surface area contributed by atoms with Crippen LogP contribution in [-0.2, 0) is 13.6 Å². The highest BCUT2D eigenvalue weighted by molar-refractivity contribution is 6.29. The van der Waals surface area contributed by atoms with Gasteiger partial charge in [0.2, 0.25) is 0 Å². The van der Waals surface area contributed by atoms with Gasteiger partial charge < -0.3 is 9.77 Å². The molecule has 5 heteroatoms. The molecule has 0 saturated carbocycles. The lowest BCUT2D eigenvalue weighted by atomic mass is 10.6. The van der Waals surface area contributed by atoms with Gasteiger partial charge in [-0.05, 0) is 0 Å². The van der Waals surface area contributed by atoms with Crippen molar-refractivity contribution in [1.82, 2.24) is 15.0 Å². The fourth-order valence-electron chi connectivity index (χ4n) is 0.659. The van der Waals surface area contributed by atoms with Crippen molar-refractivity contribution in [2.24, 2.45) is 7.05 Å². The number of halogens is 1. The molecule has 0 amide bonds. The van der Waals surface area contributed by atoms with E-state index < -0.39 is 0 Å². The average molecular weight is 162 g/mol. The summed E-state index contributed by atoms with van der Waals surface area (Å²) in [6, 6.07) is 0. The van der Waals surface area contributed by atoms with Gasteiger partial charge in [-0.2, -0.15) is 5.48 Å². The number of nitrogens with zero attached hydrogens (tertiary/aromatic N) is 2. The Kier molecular flexibility index (Phi) is 2.26. The molecule has 10 heavy (non-hydrogen) atoms. The molecule has 0 spiro atoms. The molecule has 0 aliphatic heterocycles. The van der Waals surface area contributed by atoms with Crippen LogP contribution in [0.1, 0.15) is 5.82 Å². The molecule has 1 heterocycles. The van der Waals surface area contributed by atoms with E-state index in [2.05, 4.69) is 4.98 Å². The van der Waals surface area contributed by atoms with Crippen molar-refractivity contribution in [3.8, 4) is 0 Å². The molecule has 56 valence electrons. The minimum atomic E-state index is 0.309. The standard InChI is InChI=1S/C5H8ClN3O/c1-9-4(6)2-7-5(9)3-8-10/h2,8,10H,3H2,1H3. The Morgan fingerprint density at radius 1 is 1.90 bits per heavy atom. The Labute approximate surface area is 63.4 Å². The first-order chi connectivity index (χ1) is 4.75. The van der Waals surface area contributed by atoms with Crippen molar-refractivity contribution < 1.29 is 5.21 Å². The van der Waals surface area contributed by atoms with Gasteiger partial charge in [0.25, 0.3) is 0 Å². The van der Waals surface area contributed by atoms with Crippen molar-refractivity contribution in [3.05, 3.63) is 17.2 Å². The molecule has 0 radical (unpaired) electrons. The molecule has 0 unspecified atom stereocenters. The van der Waals surface area contributed by atoms with Gasteiger partial charge in [-0.15, -0.1) is 0 Å². The van der Waals surface area contributed by atoms with Crippen LogP contribution in [0.3, 0.4) is 0 Å². The summed E-state index contributed by atoms with van der Waals surface area (Å²) < 4.78 is 1.69. The van der Waals surface area contributed by atoms with Gasteiger partial charge in [-0.3, -0.25) is 0 Å². The molecule has 2 N–H and O–H groups in total. The summed E-state index contributed by atoms with van der Waals surface area (Å²) in [6.45, 7) is 0.309. The zero-order chi connectivity index (χ0) is 7.56. The minimum absolute atomic E-state index is 0.309. The largest absolute Gasteiger partial charge is 0.321 e. The Bertz CT molecular complexity index is 223. The van der Waals surface area contributed by atoms with Gasteiger partial charge in [0.05, 0.1) is 12.7 Å². The second-order valence-electron chi connectivity index (χ2n) is 1.89. The number of hydrogen-bond donors (Lipinski definition) is 2. The molecule has 4 nitrogen and oxygen atoms in total. The zero-order valence-corrected chi connectivity index (χ0v) is 6.26. The average Bonchev–Trinajstić information content (AvgIpc) is 2.20. The molecule has 0 atom stereocenters. The molecule has 1 rings (SSSR count). The maximum atomic E-state index is 8.31. The highest BCUT2D eigenvalue weighted by Gasteiger charge is 2.01. The SMILES string of the molecule is Cn1c(Cl)cnc1CNO. The van der Waals surface area contributed by atoms with Crippen LogP contribution in [0, 0.1) is 0 Å². The summed E-state index contributed by atoms with van der Waals surface area (Å²) in [7, 11) is 1.78. The third-order valence-corrected chi connectivity index (χ3v) is 1.62. The molecule has 0 aliphatic rings. The second-order valence-corrected chi connectivity index (χ2v) is 2.28. The number of hydroxylamine groups is 1. The molecular formula is C5H8ClN3O. The van der Waals surface area contributed by atoms with Crippen molar-refractivity contribution in [1.29, 1.82) is 0 Å². The summed E-state index contributed by atoms with van der Waals surface area (Å²) in [6.07, 6.45) is 1.54. The van der Waals surface area contributed by atoms with Crippen molar-refractivity contribution in [2.75, 3.05) is 0 Å². The van der Waals surface area contributed by atoms with Crippen LogP contribution in [-0.4, -0.2) is 14.8 Å². The fraction of sp³-hybridized carbons (Fsp3) is 0.400. The Hall–Kier alpha value is -0.580. The minimum Gasteiger partial charge on any atom is -0.321 e. The number of hydrogen-bond acceptors (Lipinski definition) is 3. The molecular weight excluding hydrogens is 154 g/mol. The number of rotatable bonds is 2. The predicted octanol–water partition coefficient (Wildman–Crippen LogP) is 0.552. The summed E-state index contributed by atoms with van der Waals surface area (Å²) in [5, 5.41) is 8.87. The Balaban J connectivity index is 2.83. The lowest BCUT2D eigenvalue weighted by Crippen LogP contribution is -2.10. The second kappa shape index (κ2) is 3.01. The fourth-order valence-corrected chi connectivity index (χ4v) is 0.806. The van der Waals surface area contributed by atoms with E-state index >= 15 is 0 Å². The molecule has 0 saturated heterocycles. The van der Waals surface area contributed by atoms with E-state index in [1.807, 2.05) is 5.48 Å². The van der Waals surface area contributed by atoms with Crippen LogP contribution in [0.5, 0.6) is 0 Å². The number of aromatic nitrogens is 2. The molecule has 0 aromatic carbocycles. The van der Waals surface area contributed by atoms with E-state index in [1.165, 1.54) is 6.20 Å². The lowest BCUT2D eigenvalue weighted by Gasteiger charge is -1.98. The van der Waals surface area contributed by atoms with Gasteiger partial charge in [-0.1, -0.05) is 11.6 Å². The first-order valence-corrected chi connectivity index (χ1v) is 3.16. The molecule has 1 aromatic heterocycles. The van der Waals surface area contributed by atoms with E-state index in [-0.39, 0.29) is 0 Å². The van der Waals surface area contributed by atoms with E-state index in [4.69, 9.17) is 16.8 Å². The van der Waals surface area contributed by atoms with Gasteiger partial charge in [0.1, 0.15) is 11.0 Å². The highest BCUT2D eigenvalue weighted by atomic mass is 35.5. The monoisotopic (exact) mass is 161 g/mol. The van der Waals surface area contributed by atoms with Crippen LogP contribution in [0.25, 0.3) is 0 Å². The van der Waals surface area contributed by atoms with Crippen LogP contribution in [0.2, 0.25) is 5.15 Å². The van der Waals surface area contributed by atoms with Crippen LogP contribution >= 0.6 is 11.6 Å². The molecule has 1 aromatic rings. The highest BCUT2D eigenvalue weighted by Crippen LogP contribution is 2.07. The normalized spacial score (nSPS) is 10.3. The number of nitrogens with one attached hydrogen (secondary N) is 1. The smallest absolute Gasteiger partial charge is 0.128 e. The summed E-state index contributed by atoms with van der Waals surface area (Å²) in [5.74, 6) is 0.701. The van der Waals surface area contributed by atoms with Gasteiger partial charge in [0, 0.05) is 7.05 Å². The van der Waals surface area contributed by atoms with Crippen molar-refractivity contribution in [2.45, 2.75) is 6.54 Å². The third-order valence-electron chi connectivity index (χ3n) is 1.26. The first kappa shape index (κ1) is 7.53. The van der Waals surface area contributed by atoms with E-state index in [9.17, 15) is 0 Å². The molecule has 0 aliphatic carbocycles. The van der Waals surface area contributed by atoms with Crippen LogP contribution in [0.15, 0.2) is 6.20 Å². The van der Waals surface area contributed by atoms with Crippen molar-refractivity contribution in [3.63, 3.8) is 0 Å². The third kappa shape index (κ3) is 1.29. The van der Waals surface area contributed by atoms with Crippen LogP contribution in [0.4, 0.5) is 0 Å². The number of imidazole rings is 1. The summed E-state index contributed by atoms with van der Waals surface area (Å²) in [4.78, 5) is 3.91. The maximum absolute atomic E-state index is 8.31. The molecule has 0 bridgehead atoms. The van der Waals surface area contributed by atoms with Crippen molar-refractivity contribution >= 4 is 11.6 Å². The molecule has 0 fully saturated rings. The van der Waals surface area contributed by atoms with Gasteiger partial charge >= 0.3 is 0 Å². The Morgan fingerprint density at radius 2 is 2.60 bits per heavy atom. The predicted molar refractivity (Wildman–Crippen MR) is 36.8 cm³/mol. The Morgan fingerprint density at radius 3 is 3.00 bits per heavy atom. The first-order valence-electron chi connectivity index (χ1n) is 2.78. The van der Waals surface area contributed by atoms with E-state index in [0.717, 1.165) is 0 Å². The summed E-state index contributed by atoms with van der Waals surface area (Å²) >= 11 is 5.66. The lowest BCUT2D eigenvalue weighted by molar-refractivity contribution is 0.157. The summed E-state index contributed by atoms with van der Waals surface area (Å²) in [5.41, 5.74) is 2.00. The topological polar surface area (TPSA) is 50.1 Å². The van der Waals surface area contributed by atoms with Gasteiger partial charge in [-0.25, -0.2) is 4.98 Å². The van der Waals surface area contributed by atoms with Gasteiger partial charge in [0.15, 0.2) is 0 Å². The quantitative estimate of drug-likeness (QED) is 0.623. The maximum Gasteiger partial charge on any atom is 0.128 e. The van der Waals surface area contributed by atoms with Crippen LogP contribution < -0.4 is 5.48 Å². The van der Waals surface area contributed by atoms with E-state index in [1.54, 1.807) is 11.6 Å².